The lowest BCUT2D eigenvalue weighted by Crippen LogP contribution is -2.30. The Morgan fingerprint density at radius 1 is 1.33 bits per heavy atom. The molecule has 0 spiro atoms. The number of likely N-dealkylation sites (tertiary alicyclic amines) is 1. The highest BCUT2D eigenvalue weighted by Gasteiger charge is 2.07. The number of nitrogens with zero attached hydrogens (tertiary/aromatic N) is 1. The number of hydrogen-bond acceptors (Lipinski definition) is 2. The Morgan fingerprint density at radius 3 is 2.93 bits per heavy atom. The molecule has 81 valence electrons. The van der Waals surface area contributed by atoms with Crippen molar-refractivity contribution < 1.29 is 0 Å². The van der Waals surface area contributed by atoms with Gasteiger partial charge in [-0.1, -0.05) is 30.7 Å². The van der Waals surface area contributed by atoms with Gasteiger partial charge >= 0.3 is 0 Å². The maximum Gasteiger partial charge on any atom is 0.0627 e. The smallest absolute Gasteiger partial charge is 0.0627 e. The highest BCUT2D eigenvalue weighted by Crippen LogP contribution is 2.08. The molecule has 0 aromatic rings. The Hall–Kier alpha value is -1.02. The number of dihydropyridines is 1. The van der Waals surface area contributed by atoms with E-state index in [2.05, 4.69) is 34.5 Å². The van der Waals surface area contributed by atoms with E-state index in [1.807, 2.05) is 12.3 Å². The Labute approximate surface area is 92.3 Å². The van der Waals surface area contributed by atoms with E-state index in [4.69, 9.17) is 0 Å². The molecule has 1 saturated heterocycles. The van der Waals surface area contributed by atoms with Gasteiger partial charge in [0.1, 0.15) is 0 Å². The summed E-state index contributed by atoms with van der Waals surface area (Å²) in [5.41, 5.74) is 0. The molecule has 1 N–H and O–H groups in total. The Morgan fingerprint density at radius 2 is 2.20 bits per heavy atom. The molecule has 0 amide bonds. The fourth-order valence-corrected chi connectivity index (χ4v) is 2.03. The first kappa shape index (κ1) is 10.5. The number of allylic oxidation sites excluding steroid dienone is 2. The molecule has 1 fully saturated rings. The highest BCUT2D eigenvalue weighted by atomic mass is 15.1. The zero-order valence-electron chi connectivity index (χ0n) is 9.15. The third-order valence-corrected chi connectivity index (χ3v) is 2.91. The molecule has 2 heteroatoms. The summed E-state index contributed by atoms with van der Waals surface area (Å²) in [5.74, 6) is 0. The summed E-state index contributed by atoms with van der Waals surface area (Å²) in [5, 5.41) is 3.23. The summed E-state index contributed by atoms with van der Waals surface area (Å²) in [7, 11) is 0. The molecule has 0 aromatic heterocycles. The fourth-order valence-electron chi connectivity index (χ4n) is 2.03. The van der Waals surface area contributed by atoms with Gasteiger partial charge in [0.05, 0.1) is 6.04 Å². The molecule has 1 radical (unpaired) electrons. The molecule has 1 unspecified atom stereocenters. The quantitative estimate of drug-likeness (QED) is 0.704. The molecule has 2 aliphatic heterocycles. The largest absolute Gasteiger partial charge is 0.381 e. The average molecular weight is 203 g/mol. The Bertz CT molecular complexity index is 260. The van der Waals surface area contributed by atoms with E-state index in [9.17, 15) is 0 Å². The lowest BCUT2D eigenvalue weighted by Gasteiger charge is -2.25. The molecule has 0 saturated carbocycles. The Balaban J connectivity index is 1.69. The van der Waals surface area contributed by atoms with E-state index in [0.29, 0.717) is 6.04 Å². The van der Waals surface area contributed by atoms with Crippen LogP contribution in [0.5, 0.6) is 0 Å². The third-order valence-electron chi connectivity index (χ3n) is 2.91. The first-order chi connectivity index (χ1) is 7.45. The normalized spacial score (nSPS) is 27.1. The molecular formula is C13H19N2. The van der Waals surface area contributed by atoms with Gasteiger partial charge in [-0.2, -0.15) is 0 Å². The molecule has 2 nitrogen and oxygen atoms in total. The van der Waals surface area contributed by atoms with Crippen LogP contribution in [-0.2, 0) is 0 Å². The molecule has 0 bridgehead atoms. The maximum atomic E-state index is 3.23. The Kier molecular flexibility index (Phi) is 4.03. The minimum absolute atomic E-state index is 0.357. The van der Waals surface area contributed by atoms with Crippen molar-refractivity contribution in [2.45, 2.75) is 25.3 Å². The van der Waals surface area contributed by atoms with Crippen LogP contribution in [0.4, 0.5) is 0 Å². The van der Waals surface area contributed by atoms with Crippen molar-refractivity contribution in [3.63, 3.8) is 0 Å². The third kappa shape index (κ3) is 3.56. The van der Waals surface area contributed by atoms with Crippen LogP contribution in [0.2, 0.25) is 0 Å². The van der Waals surface area contributed by atoms with Crippen LogP contribution in [-0.4, -0.2) is 30.6 Å². The second kappa shape index (κ2) is 5.76. The van der Waals surface area contributed by atoms with Crippen molar-refractivity contribution in [2.24, 2.45) is 0 Å². The number of nitrogens with one attached hydrogen (secondary N) is 1. The van der Waals surface area contributed by atoms with Crippen molar-refractivity contribution in [3.05, 3.63) is 36.6 Å². The van der Waals surface area contributed by atoms with E-state index >= 15 is 0 Å². The topological polar surface area (TPSA) is 15.3 Å². The van der Waals surface area contributed by atoms with Crippen LogP contribution in [0.1, 0.15) is 19.3 Å². The molecule has 2 rings (SSSR count). The number of piperidine rings is 1. The summed E-state index contributed by atoms with van der Waals surface area (Å²) in [6.45, 7) is 3.64. The van der Waals surface area contributed by atoms with Gasteiger partial charge in [-0.15, -0.1) is 0 Å². The zero-order chi connectivity index (χ0) is 10.3. The van der Waals surface area contributed by atoms with Crippen molar-refractivity contribution in [2.75, 3.05) is 19.6 Å². The van der Waals surface area contributed by atoms with Crippen LogP contribution in [0.25, 0.3) is 0 Å². The van der Waals surface area contributed by atoms with Gasteiger partial charge in [0.25, 0.3) is 0 Å². The van der Waals surface area contributed by atoms with E-state index < -0.39 is 0 Å². The summed E-state index contributed by atoms with van der Waals surface area (Å²) in [6, 6.07) is 0.357. The van der Waals surface area contributed by atoms with E-state index in [1.165, 1.54) is 32.4 Å². The molecule has 15 heavy (non-hydrogen) atoms. The number of hydrogen-bond donors (Lipinski definition) is 1. The van der Waals surface area contributed by atoms with Crippen LogP contribution in [0, 0.1) is 6.08 Å². The predicted molar refractivity (Wildman–Crippen MR) is 63.3 cm³/mol. The summed E-state index contributed by atoms with van der Waals surface area (Å²) in [6.07, 6.45) is 17.6. The van der Waals surface area contributed by atoms with Gasteiger partial charge in [-0.25, -0.2) is 0 Å². The van der Waals surface area contributed by atoms with Crippen molar-refractivity contribution in [1.29, 1.82) is 0 Å². The van der Waals surface area contributed by atoms with E-state index in [0.717, 1.165) is 6.54 Å². The second-order valence-corrected chi connectivity index (χ2v) is 4.15. The first-order valence-electron chi connectivity index (χ1n) is 5.84. The van der Waals surface area contributed by atoms with E-state index in [-0.39, 0.29) is 0 Å². The predicted octanol–water partition coefficient (Wildman–Crippen LogP) is 1.87. The maximum absolute atomic E-state index is 3.23. The fraction of sp³-hybridized carbons (Fsp3) is 0.538. The molecule has 2 aliphatic rings. The summed E-state index contributed by atoms with van der Waals surface area (Å²) in [4.78, 5) is 2.52. The monoisotopic (exact) mass is 203 g/mol. The van der Waals surface area contributed by atoms with Crippen LogP contribution in [0.3, 0.4) is 0 Å². The minimum atomic E-state index is 0.357. The molecule has 0 aromatic carbocycles. The van der Waals surface area contributed by atoms with Gasteiger partial charge in [0.15, 0.2) is 0 Å². The standard InChI is InChI=1S/C13H19N2/c1-4-10-15(11-5-1)12-6-8-13-7-2-3-9-14-13/h2,6-9,13-14H,1,4-5,10-12H2/b8-6+. The number of rotatable bonds is 3. The van der Waals surface area contributed by atoms with E-state index in [1.54, 1.807) is 0 Å². The second-order valence-electron chi connectivity index (χ2n) is 4.15. The van der Waals surface area contributed by atoms with Crippen LogP contribution >= 0.6 is 0 Å². The van der Waals surface area contributed by atoms with Gasteiger partial charge < -0.3 is 5.32 Å². The van der Waals surface area contributed by atoms with Gasteiger partial charge in [0, 0.05) is 12.7 Å². The zero-order valence-corrected chi connectivity index (χ0v) is 9.15. The highest BCUT2D eigenvalue weighted by molar-refractivity contribution is 5.14. The lowest BCUT2D eigenvalue weighted by atomic mass is 10.1. The van der Waals surface area contributed by atoms with Crippen molar-refractivity contribution in [3.8, 4) is 0 Å². The minimum Gasteiger partial charge on any atom is -0.381 e. The first-order valence-corrected chi connectivity index (χ1v) is 5.84. The molecule has 1 atom stereocenters. The van der Waals surface area contributed by atoms with Crippen LogP contribution < -0.4 is 5.32 Å². The SMILES string of the molecule is [C]1=CNC(/C=C/CN2CCCCC2)C=C1. The van der Waals surface area contributed by atoms with Gasteiger partial charge in [0.2, 0.25) is 0 Å². The molecule has 0 aliphatic carbocycles. The van der Waals surface area contributed by atoms with Gasteiger partial charge in [-0.3, -0.25) is 4.90 Å². The lowest BCUT2D eigenvalue weighted by molar-refractivity contribution is 0.251. The van der Waals surface area contributed by atoms with Gasteiger partial charge in [-0.05, 0) is 32.0 Å². The van der Waals surface area contributed by atoms with Crippen molar-refractivity contribution in [1.82, 2.24) is 10.2 Å². The molecular weight excluding hydrogens is 184 g/mol. The van der Waals surface area contributed by atoms with Crippen molar-refractivity contribution >= 4 is 0 Å². The summed E-state index contributed by atoms with van der Waals surface area (Å²) >= 11 is 0. The van der Waals surface area contributed by atoms with Crippen LogP contribution in [0.15, 0.2) is 30.5 Å². The average Bonchev–Trinajstić information content (AvgIpc) is 2.32. The molecule has 2 heterocycles. The summed E-state index contributed by atoms with van der Waals surface area (Å²) < 4.78 is 0.